The van der Waals surface area contributed by atoms with E-state index in [-0.39, 0.29) is 6.04 Å². The average molecular weight is 286 g/mol. The molecule has 20 heavy (non-hydrogen) atoms. The standard InChI is InChI=1S/C14H26N2O4/c1-5-6-10(16-13(19)20-14(2,3)4)11(17)12(18)15-9-7-8-9/h9-11,17H,5-8H2,1-4H3,(H,15,18)(H,16,19)/t10-,11-/m1/s1. The molecule has 3 N–H and O–H groups in total. The number of rotatable bonds is 6. The molecule has 1 aliphatic rings. The fraction of sp³-hybridized carbons (Fsp3) is 0.857. The van der Waals surface area contributed by atoms with E-state index in [2.05, 4.69) is 10.6 Å². The second kappa shape index (κ2) is 6.92. The molecule has 1 rings (SSSR count). The van der Waals surface area contributed by atoms with Crippen LogP contribution in [-0.2, 0) is 9.53 Å². The number of alkyl carbamates (subject to hydrolysis) is 1. The molecule has 2 amide bonds. The van der Waals surface area contributed by atoms with Gasteiger partial charge in [0.2, 0.25) is 0 Å². The first-order valence-electron chi connectivity index (χ1n) is 7.21. The number of nitrogens with one attached hydrogen (secondary N) is 2. The van der Waals surface area contributed by atoms with Crippen LogP contribution in [0.4, 0.5) is 4.79 Å². The van der Waals surface area contributed by atoms with Crippen molar-refractivity contribution >= 4 is 12.0 Å². The van der Waals surface area contributed by atoms with Gasteiger partial charge >= 0.3 is 6.09 Å². The fourth-order valence-electron chi connectivity index (χ4n) is 1.78. The Morgan fingerprint density at radius 3 is 2.40 bits per heavy atom. The lowest BCUT2D eigenvalue weighted by Crippen LogP contribution is -2.51. The van der Waals surface area contributed by atoms with Crippen LogP contribution in [0.25, 0.3) is 0 Å². The van der Waals surface area contributed by atoms with Crippen LogP contribution in [0.3, 0.4) is 0 Å². The summed E-state index contributed by atoms with van der Waals surface area (Å²) in [6.45, 7) is 7.21. The summed E-state index contributed by atoms with van der Waals surface area (Å²) < 4.78 is 5.15. The van der Waals surface area contributed by atoms with E-state index in [9.17, 15) is 14.7 Å². The number of aliphatic hydroxyl groups is 1. The van der Waals surface area contributed by atoms with Gasteiger partial charge < -0.3 is 20.5 Å². The molecule has 1 fully saturated rings. The van der Waals surface area contributed by atoms with Crippen LogP contribution in [0.5, 0.6) is 0 Å². The van der Waals surface area contributed by atoms with Gasteiger partial charge in [0, 0.05) is 6.04 Å². The number of hydrogen-bond donors (Lipinski definition) is 3. The van der Waals surface area contributed by atoms with Gasteiger partial charge in [0.05, 0.1) is 6.04 Å². The Morgan fingerprint density at radius 2 is 1.95 bits per heavy atom. The summed E-state index contributed by atoms with van der Waals surface area (Å²) in [6.07, 6.45) is 1.30. The van der Waals surface area contributed by atoms with Gasteiger partial charge in [-0.3, -0.25) is 4.79 Å². The predicted molar refractivity (Wildman–Crippen MR) is 75.2 cm³/mol. The molecule has 1 saturated carbocycles. The third-order valence-electron chi connectivity index (χ3n) is 2.88. The molecule has 0 spiro atoms. The third kappa shape index (κ3) is 6.23. The van der Waals surface area contributed by atoms with Gasteiger partial charge in [0.15, 0.2) is 6.10 Å². The first-order valence-corrected chi connectivity index (χ1v) is 7.21. The van der Waals surface area contributed by atoms with Crippen molar-refractivity contribution in [1.82, 2.24) is 10.6 Å². The average Bonchev–Trinajstić information content (AvgIpc) is 3.08. The van der Waals surface area contributed by atoms with Crippen molar-refractivity contribution in [3.05, 3.63) is 0 Å². The quantitative estimate of drug-likeness (QED) is 0.687. The smallest absolute Gasteiger partial charge is 0.407 e. The molecule has 1 aliphatic carbocycles. The molecular formula is C14H26N2O4. The Kier molecular flexibility index (Phi) is 5.80. The van der Waals surface area contributed by atoms with Crippen molar-refractivity contribution in [1.29, 1.82) is 0 Å². The Hall–Kier alpha value is -1.30. The van der Waals surface area contributed by atoms with Crippen molar-refractivity contribution in [2.45, 2.75) is 77.2 Å². The summed E-state index contributed by atoms with van der Waals surface area (Å²) in [5.41, 5.74) is -0.609. The van der Waals surface area contributed by atoms with Crippen LogP contribution >= 0.6 is 0 Å². The van der Waals surface area contributed by atoms with Gasteiger partial charge in [-0.15, -0.1) is 0 Å². The van der Waals surface area contributed by atoms with Crippen LogP contribution in [0.15, 0.2) is 0 Å². The van der Waals surface area contributed by atoms with E-state index in [0.717, 1.165) is 19.3 Å². The van der Waals surface area contributed by atoms with Crippen LogP contribution in [-0.4, -0.2) is 40.9 Å². The lowest BCUT2D eigenvalue weighted by Gasteiger charge is -2.26. The Bertz CT molecular complexity index is 348. The van der Waals surface area contributed by atoms with Crippen LogP contribution in [0, 0.1) is 0 Å². The first-order chi connectivity index (χ1) is 9.23. The van der Waals surface area contributed by atoms with Crippen LogP contribution < -0.4 is 10.6 Å². The van der Waals surface area contributed by atoms with Crippen molar-refractivity contribution in [2.75, 3.05) is 0 Å². The zero-order valence-corrected chi connectivity index (χ0v) is 12.7. The lowest BCUT2D eigenvalue weighted by atomic mass is 10.1. The second-order valence-corrected chi connectivity index (χ2v) is 6.27. The number of aliphatic hydroxyl groups excluding tert-OH is 1. The molecule has 0 aliphatic heterocycles. The zero-order chi connectivity index (χ0) is 15.3. The highest BCUT2D eigenvalue weighted by Gasteiger charge is 2.32. The van der Waals surface area contributed by atoms with Crippen LogP contribution in [0.2, 0.25) is 0 Å². The first kappa shape index (κ1) is 16.8. The highest BCUT2D eigenvalue weighted by molar-refractivity contribution is 5.82. The topological polar surface area (TPSA) is 87.7 Å². The number of amides is 2. The summed E-state index contributed by atoms with van der Waals surface area (Å²) in [6, 6.07) is -0.449. The minimum atomic E-state index is -1.25. The van der Waals surface area contributed by atoms with Gasteiger partial charge in [-0.25, -0.2) is 4.79 Å². The summed E-state index contributed by atoms with van der Waals surface area (Å²) in [5.74, 6) is -0.429. The maximum Gasteiger partial charge on any atom is 0.407 e. The van der Waals surface area contributed by atoms with Gasteiger partial charge in [-0.05, 0) is 40.0 Å². The van der Waals surface area contributed by atoms with Gasteiger partial charge in [0.25, 0.3) is 5.91 Å². The molecule has 2 atom stereocenters. The molecule has 0 heterocycles. The maximum absolute atomic E-state index is 11.8. The highest BCUT2D eigenvalue weighted by Crippen LogP contribution is 2.19. The monoisotopic (exact) mass is 286 g/mol. The lowest BCUT2D eigenvalue weighted by molar-refractivity contribution is -0.131. The molecule has 0 radical (unpaired) electrons. The van der Waals surface area contributed by atoms with E-state index < -0.39 is 29.7 Å². The Balaban J connectivity index is 2.52. The zero-order valence-electron chi connectivity index (χ0n) is 12.7. The SMILES string of the molecule is CCC[C@@H](NC(=O)OC(C)(C)C)[C@@H](O)C(=O)NC1CC1. The molecule has 0 aromatic rings. The predicted octanol–water partition coefficient (Wildman–Crippen LogP) is 1.32. The van der Waals surface area contributed by atoms with Crippen molar-refractivity contribution in [3.8, 4) is 0 Å². The van der Waals surface area contributed by atoms with E-state index in [4.69, 9.17) is 4.74 Å². The van der Waals surface area contributed by atoms with E-state index in [1.807, 2.05) is 6.92 Å². The summed E-state index contributed by atoms with van der Waals surface area (Å²) in [7, 11) is 0. The fourth-order valence-corrected chi connectivity index (χ4v) is 1.78. The maximum atomic E-state index is 11.8. The molecule has 116 valence electrons. The summed E-state index contributed by atoms with van der Waals surface area (Å²) >= 11 is 0. The molecular weight excluding hydrogens is 260 g/mol. The van der Waals surface area contributed by atoms with E-state index >= 15 is 0 Å². The van der Waals surface area contributed by atoms with Crippen molar-refractivity contribution in [2.24, 2.45) is 0 Å². The highest BCUT2D eigenvalue weighted by atomic mass is 16.6. The minimum Gasteiger partial charge on any atom is -0.444 e. The summed E-state index contributed by atoms with van der Waals surface area (Å²) in [4.78, 5) is 23.6. The molecule has 0 saturated heterocycles. The van der Waals surface area contributed by atoms with Crippen molar-refractivity contribution < 1.29 is 19.4 Å². The molecule has 0 aromatic carbocycles. The van der Waals surface area contributed by atoms with E-state index in [1.165, 1.54) is 0 Å². The van der Waals surface area contributed by atoms with E-state index in [0.29, 0.717) is 6.42 Å². The number of carbonyl (C=O) groups excluding carboxylic acids is 2. The normalized spacial score (nSPS) is 18.1. The van der Waals surface area contributed by atoms with E-state index in [1.54, 1.807) is 20.8 Å². The molecule has 6 nitrogen and oxygen atoms in total. The summed E-state index contributed by atoms with van der Waals surface area (Å²) in [5, 5.41) is 15.4. The van der Waals surface area contributed by atoms with Gasteiger partial charge in [-0.2, -0.15) is 0 Å². The molecule has 0 aromatic heterocycles. The van der Waals surface area contributed by atoms with Crippen molar-refractivity contribution in [3.63, 3.8) is 0 Å². The Morgan fingerprint density at radius 1 is 1.35 bits per heavy atom. The Labute approximate surface area is 120 Å². The molecule has 0 unspecified atom stereocenters. The van der Waals surface area contributed by atoms with Gasteiger partial charge in [0.1, 0.15) is 5.60 Å². The molecule has 6 heteroatoms. The largest absolute Gasteiger partial charge is 0.444 e. The number of hydrogen-bond acceptors (Lipinski definition) is 4. The van der Waals surface area contributed by atoms with Crippen LogP contribution in [0.1, 0.15) is 53.4 Å². The number of carbonyl (C=O) groups is 2. The second-order valence-electron chi connectivity index (χ2n) is 6.27. The minimum absolute atomic E-state index is 0.181. The van der Waals surface area contributed by atoms with Gasteiger partial charge in [-0.1, -0.05) is 13.3 Å². The molecule has 0 bridgehead atoms. The number of ether oxygens (including phenoxy) is 1. The third-order valence-corrected chi connectivity index (χ3v) is 2.88.